The van der Waals surface area contributed by atoms with Crippen molar-refractivity contribution in [3.63, 3.8) is 0 Å². The summed E-state index contributed by atoms with van der Waals surface area (Å²) < 4.78 is 55.7. The SMILES string of the molecule is Cc1ccccc1NS(=O)(=O)c1ccc(NC(=O)c2cc(S(=O)(=O)N3CCC(C)CC3)ccc2Cl)cc1. The normalized spacial score (nSPS) is 15.3. The maximum absolute atomic E-state index is 13.1. The molecular formula is C26H28ClN3O5S2. The van der Waals surface area contributed by atoms with Crippen LogP contribution in [0.3, 0.4) is 0 Å². The second kappa shape index (κ2) is 10.8. The summed E-state index contributed by atoms with van der Waals surface area (Å²) >= 11 is 6.23. The van der Waals surface area contributed by atoms with Crippen molar-refractivity contribution in [2.45, 2.75) is 36.5 Å². The third-order valence-corrected chi connectivity index (χ3v) is 9.98. The summed E-state index contributed by atoms with van der Waals surface area (Å²) in [5.74, 6) is -0.138. The van der Waals surface area contributed by atoms with E-state index in [9.17, 15) is 21.6 Å². The molecule has 0 aromatic heterocycles. The molecule has 1 saturated heterocycles. The molecule has 0 bridgehead atoms. The van der Waals surface area contributed by atoms with Crippen molar-refractivity contribution in [2.24, 2.45) is 5.92 Å². The second-order valence-electron chi connectivity index (χ2n) is 9.13. The monoisotopic (exact) mass is 561 g/mol. The first-order valence-corrected chi connectivity index (χ1v) is 15.1. The summed E-state index contributed by atoms with van der Waals surface area (Å²) in [5, 5.41) is 2.76. The van der Waals surface area contributed by atoms with E-state index >= 15 is 0 Å². The van der Waals surface area contributed by atoms with Crippen molar-refractivity contribution in [1.29, 1.82) is 0 Å². The van der Waals surface area contributed by atoms with Crippen molar-refractivity contribution in [1.82, 2.24) is 4.31 Å². The molecule has 0 spiro atoms. The van der Waals surface area contributed by atoms with E-state index in [0.29, 0.717) is 30.4 Å². The minimum absolute atomic E-state index is 0.000300. The summed E-state index contributed by atoms with van der Waals surface area (Å²) in [6, 6.07) is 16.7. The molecule has 8 nitrogen and oxygen atoms in total. The van der Waals surface area contributed by atoms with Crippen LogP contribution in [0.1, 0.15) is 35.7 Å². The number of para-hydroxylation sites is 1. The number of nitrogens with one attached hydrogen (secondary N) is 2. The highest BCUT2D eigenvalue weighted by atomic mass is 35.5. The van der Waals surface area contributed by atoms with Gasteiger partial charge in [0.2, 0.25) is 10.0 Å². The number of hydrogen-bond acceptors (Lipinski definition) is 5. The van der Waals surface area contributed by atoms with Gasteiger partial charge in [0.25, 0.3) is 15.9 Å². The Labute approximate surface area is 222 Å². The van der Waals surface area contributed by atoms with Gasteiger partial charge in [0.1, 0.15) is 0 Å². The number of halogens is 1. The number of amides is 1. The van der Waals surface area contributed by atoms with Crippen LogP contribution in [0.2, 0.25) is 5.02 Å². The van der Waals surface area contributed by atoms with Crippen molar-refractivity contribution in [3.8, 4) is 0 Å². The Morgan fingerprint density at radius 2 is 1.54 bits per heavy atom. The molecule has 1 amide bonds. The minimum Gasteiger partial charge on any atom is -0.322 e. The van der Waals surface area contributed by atoms with Crippen LogP contribution in [0.25, 0.3) is 0 Å². The number of aryl methyl sites for hydroxylation is 1. The summed E-state index contributed by atoms with van der Waals surface area (Å²) in [5.41, 5.74) is 1.59. The lowest BCUT2D eigenvalue weighted by molar-refractivity contribution is 0.102. The van der Waals surface area contributed by atoms with Gasteiger partial charge >= 0.3 is 0 Å². The van der Waals surface area contributed by atoms with E-state index in [4.69, 9.17) is 11.6 Å². The van der Waals surface area contributed by atoms with Gasteiger partial charge in [0.05, 0.1) is 26.1 Å². The van der Waals surface area contributed by atoms with Crippen LogP contribution in [0.5, 0.6) is 0 Å². The number of piperidine rings is 1. The van der Waals surface area contributed by atoms with E-state index in [1.165, 1.54) is 46.8 Å². The molecule has 0 radical (unpaired) electrons. The van der Waals surface area contributed by atoms with Gasteiger partial charge in [-0.15, -0.1) is 0 Å². The Kier molecular flexibility index (Phi) is 7.94. The predicted molar refractivity (Wildman–Crippen MR) is 145 cm³/mol. The van der Waals surface area contributed by atoms with Crippen LogP contribution in [0.4, 0.5) is 11.4 Å². The van der Waals surface area contributed by atoms with Gasteiger partial charge in [-0.05, 0) is 79.8 Å². The molecule has 3 aromatic carbocycles. The van der Waals surface area contributed by atoms with Crippen molar-refractivity contribution >= 4 is 48.9 Å². The number of carbonyl (C=O) groups excluding carboxylic acids is 1. The van der Waals surface area contributed by atoms with Gasteiger partial charge in [0, 0.05) is 18.8 Å². The summed E-state index contributed by atoms with van der Waals surface area (Å²) in [6.45, 7) is 4.76. The highest BCUT2D eigenvalue weighted by Crippen LogP contribution is 2.27. The molecule has 1 aliphatic rings. The number of nitrogens with zero attached hydrogens (tertiary/aromatic N) is 1. The lowest BCUT2D eigenvalue weighted by atomic mass is 10.0. The van der Waals surface area contributed by atoms with Crippen LogP contribution in [0, 0.1) is 12.8 Å². The summed E-state index contributed by atoms with van der Waals surface area (Å²) in [4.78, 5) is 13.0. The Hall–Kier alpha value is -2.92. The van der Waals surface area contributed by atoms with Gasteiger partial charge in [0.15, 0.2) is 0 Å². The van der Waals surface area contributed by atoms with Crippen molar-refractivity contribution < 1.29 is 21.6 Å². The van der Waals surface area contributed by atoms with E-state index in [2.05, 4.69) is 17.0 Å². The first-order chi connectivity index (χ1) is 17.5. The number of benzene rings is 3. The van der Waals surface area contributed by atoms with Gasteiger partial charge in [-0.3, -0.25) is 9.52 Å². The molecule has 11 heteroatoms. The van der Waals surface area contributed by atoms with Gasteiger partial charge in [-0.25, -0.2) is 16.8 Å². The maximum Gasteiger partial charge on any atom is 0.261 e. The average molecular weight is 562 g/mol. The Morgan fingerprint density at radius 1 is 0.919 bits per heavy atom. The summed E-state index contributed by atoms with van der Waals surface area (Å²) in [7, 11) is -7.59. The smallest absolute Gasteiger partial charge is 0.261 e. The Balaban J connectivity index is 1.50. The number of hydrogen-bond donors (Lipinski definition) is 2. The second-order valence-corrected chi connectivity index (χ2v) is 13.2. The molecule has 196 valence electrons. The number of carbonyl (C=O) groups is 1. The van der Waals surface area contributed by atoms with Crippen LogP contribution < -0.4 is 10.0 Å². The zero-order valence-corrected chi connectivity index (χ0v) is 22.8. The molecule has 2 N–H and O–H groups in total. The lowest BCUT2D eigenvalue weighted by Gasteiger charge is -2.29. The largest absolute Gasteiger partial charge is 0.322 e. The fraction of sp³-hybridized carbons (Fsp3) is 0.269. The molecule has 1 aliphatic heterocycles. The molecular weight excluding hydrogens is 534 g/mol. The van der Waals surface area contributed by atoms with Crippen LogP contribution in [-0.2, 0) is 20.0 Å². The summed E-state index contributed by atoms with van der Waals surface area (Å²) in [6.07, 6.45) is 1.57. The first-order valence-electron chi connectivity index (χ1n) is 11.8. The lowest BCUT2D eigenvalue weighted by Crippen LogP contribution is -2.37. The molecule has 0 aliphatic carbocycles. The number of sulfonamides is 2. The van der Waals surface area contributed by atoms with E-state index in [1.807, 2.05) is 6.07 Å². The molecule has 0 atom stereocenters. The van der Waals surface area contributed by atoms with Gasteiger partial charge < -0.3 is 5.32 Å². The molecule has 0 unspecified atom stereocenters. The highest BCUT2D eigenvalue weighted by molar-refractivity contribution is 7.92. The standard InChI is InChI=1S/C26H28ClN3O5S2/c1-18-13-15-30(16-14-18)37(34,35)22-11-12-24(27)23(17-22)26(31)28-20-7-9-21(10-8-20)36(32,33)29-25-6-4-3-5-19(25)2/h3-12,17-18,29H,13-16H2,1-2H3,(H,28,31). The average Bonchev–Trinajstić information content (AvgIpc) is 2.86. The van der Waals surface area contributed by atoms with Gasteiger partial charge in [-0.1, -0.05) is 36.7 Å². The first kappa shape index (κ1) is 27.1. The molecule has 0 saturated carbocycles. The third-order valence-electron chi connectivity index (χ3n) is 6.37. The zero-order valence-electron chi connectivity index (χ0n) is 20.4. The molecule has 1 heterocycles. The van der Waals surface area contributed by atoms with Crippen molar-refractivity contribution in [2.75, 3.05) is 23.1 Å². The fourth-order valence-corrected chi connectivity index (χ4v) is 6.85. The Morgan fingerprint density at radius 3 is 2.19 bits per heavy atom. The predicted octanol–water partition coefficient (Wildman–Crippen LogP) is 5.12. The molecule has 37 heavy (non-hydrogen) atoms. The number of anilines is 2. The Bertz CT molecular complexity index is 1520. The number of rotatable bonds is 7. The van der Waals surface area contributed by atoms with Crippen molar-refractivity contribution in [3.05, 3.63) is 82.9 Å². The fourth-order valence-electron chi connectivity index (χ4n) is 4.02. The van der Waals surface area contributed by atoms with Crippen LogP contribution >= 0.6 is 11.6 Å². The van der Waals surface area contributed by atoms with E-state index < -0.39 is 26.0 Å². The maximum atomic E-state index is 13.1. The highest BCUT2D eigenvalue weighted by Gasteiger charge is 2.29. The van der Waals surface area contributed by atoms with Crippen LogP contribution in [0.15, 0.2) is 76.5 Å². The minimum atomic E-state index is -3.83. The van der Waals surface area contributed by atoms with Crippen LogP contribution in [-0.4, -0.2) is 40.1 Å². The van der Waals surface area contributed by atoms with E-state index in [1.54, 1.807) is 25.1 Å². The van der Waals surface area contributed by atoms with Gasteiger partial charge in [-0.2, -0.15) is 4.31 Å². The third kappa shape index (κ3) is 6.15. The topological polar surface area (TPSA) is 113 Å². The molecule has 4 rings (SSSR count). The van der Waals surface area contributed by atoms with E-state index in [0.717, 1.165) is 18.4 Å². The quantitative estimate of drug-likeness (QED) is 0.415. The van der Waals surface area contributed by atoms with E-state index in [-0.39, 0.29) is 20.4 Å². The molecule has 3 aromatic rings. The zero-order chi connectivity index (χ0) is 26.8. The molecule has 1 fully saturated rings.